The molecule has 2 nitrogen and oxygen atoms in total. The van der Waals surface area contributed by atoms with Gasteiger partial charge in [-0.1, -0.05) is 35.3 Å². The van der Waals surface area contributed by atoms with Crippen LogP contribution in [-0.2, 0) is 6.42 Å². The monoisotopic (exact) mass is 293 g/mol. The Hall–Kier alpha value is -1.38. The van der Waals surface area contributed by atoms with E-state index in [-0.39, 0.29) is 12.2 Å². The fourth-order valence-corrected chi connectivity index (χ4v) is 2.32. The van der Waals surface area contributed by atoms with Crippen molar-refractivity contribution in [1.82, 2.24) is 4.98 Å². The minimum atomic E-state index is -0.00540. The van der Waals surface area contributed by atoms with E-state index in [1.54, 1.807) is 18.2 Å². The average molecular weight is 294 g/mol. The van der Waals surface area contributed by atoms with Crippen molar-refractivity contribution >= 4 is 29.0 Å². The number of aryl methyl sites for hydroxylation is 2. The van der Waals surface area contributed by atoms with E-state index in [1.165, 1.54) is 0 Å². The third-order valence-corrected chi connectivity index (χ3v) is 3.77. The number of pyridine rings is 1. The van der Waals surface area contributed by atoms with Gasteiger partial charge in [-0.25, -0.2) is 0 Å². The second-order valence-electron chi connectivity index (χ2n) is 4.40. The third-order valence-electron chi connectivity index (χ3n) is 2.91. The zero-order valence-electron chi connectivity index (χ0n) is 10.7. The Morgan fingerprint density at radius 1 is 1.16 bits per heavy atom. The van der Waals surface area contributed by atoms with Crippen LogP contribution in [0, 0.1) is 13.8 Å². The number of benzene rings is 1. The lowest BCUT2D eigenvalue weighted by Crippen LogP contribution is -2.07. The normalized spacial score (nSPS) is 10.5. The fourth-order valence-electron chi connectivity index (χ4n) is 1.93. The van der Waals surface area contributed by atoms with Crippen molar-refractivity contribution in [3.8, 4) is 0 Å². The lowest BCUT2D eigenvalue weighted by molar-refractivity contribution is 0.0992. The zero-order chi connectivity index (χ0) is 14.0. The lowest BCUT2D eigenvalue weighted by atomic mass is 10.0. The molecule has 0 aliphatic heterocycles. The minimum Gasteiger partial charge on any atom is -0.294 e. The molecule has 0 saturated carbocycles. The first kappa shape index (κ1) is 14.0. The van der Waals surface area contributed by atoms with E-state index in [9.17, 15) is 4.79 Å². The molecule has 98 valence electrons. The number of hydrogen-bond acceptors (Lipinski definition) is 2. The van der Waals surface area contributed by atoms with E-state index < -0.39 is 0 Å². The predicted octanol–water partition coefficient (Wildman–Crippen LogP) is 4.43. The molecule has 1 aromatic heterocycles. The summed E-state index contributed by atoms with van der Waals surface area (Å²) in [7, 11) is 0. The van der Waals surface area contributed by atoms with E-state index in [0.717, 1.165) is 17.0 Å². The molecule has 0 radical (unpaired) electrons. The number of nitrogens with zero attached hydrogens (tertiary/aromatic N) is 1. The molecule has 0 atom stereocenters. The molecular weight excluding hydrogens is 281 g/mol. The Kier molecular flexibility index (Phi) is 4.23. The molecule has 0 unspecified atom stereocenters. The van der Waals surface area contributed by atoms with Gasteiger partial charge in [0.15, 0.2) is 5.78 Å². The van der Waals surface area contributed by atoms with Crippen molar-refractivity contribution in [2.45, 2.75) is 20.3 Å². The lowest BCUT2D eigenvalue weighted by Gasteiger charge is -2.07. The molecule has 2 rings (SSSR count). The molecule has 2 aromatic rings. The van der Waals surface area contributed by atoms with Gasteiger partial charge in [0.25, 0.3) is 0 Å². The number of Topliss-reactive ketones (excluding diaryl/α,β-unsaturated/α-hetero) is 1. The second kappa shape index (κ2) is 5.72. The molecule has 0 saturated heterocycles. The van der Waals surface area contributed by atoms with Crippen molar-refractivity contribution < 1.29 is 4.79 Å². The predicted molar refractivity (Wildman–Crippen MR) is 78.2 cm³/mol. The SMILES string of the molecule is Cc1ccc(C(=O)Cc2cccc(Cl)c2Cl)c(C)n1. The molecule has 0 bridgehead atoms. The van der Waals surface area contributed by atoms with Gasteiger partial charge in [0.1, 0.15) is 0 Å². The number of aromatic nitrogens is 1. The molecule has 0 N–H and O–H groups in total. The maximum absolute atomic E-state index is 12.3. The molecular formula is C15H13Cl2NO. The van der Waals surface area contributed by atoms with Gasteiger partial charge < -0.3 is 0 Å². The van der Waals surface area contributed by atoms with E-state index in [4.69, 9.17) is 23.2 Å². The highest BCUT2D eigenvalue weighted by atomic mass is 35.5. The van der Waals surface area contributed by atoms with E-state index in [0.29, 0.717) is 15.6 Å². The molecule has 0 fully saturated rings. The summed E-state index contributed by atoms with van der Waals surface area (Å²) in [5, 5.41) is 0.904. The van der Waals surface area contributed by atoms with Gasteiger partial charge >= 0.3 is 0 Å². The topological polar surface area (TPSA) is 30.0 Å². The summed E-state index contributed by atoms with van der Waals surface area (Å²) in [6, 6.07) is 8.94. The number of halogens is 2. The second-order valence-corrected chi connectivity index (χ2v) is 5.18. The first-order valence-electron chi connectivity index (χ1n) is 5.89. The number of carbonyl (C=O) groups is 1. The van der Waals surface area contributed by atoms with Gasteiger partial charge in [0, 0.05) is 23.4 Å². The number of hydrogen-bond donors (Lipinski definition) is 0. The maximum atomic E-state index is 12.3. The average Bonchev–Trinajstić information content (AvgIpc) is 2.34. The summed E-state index contributed by atoms with van der Waals surface area (Å²) in [5.74, 6) is -0.00540. The maximum Gasteiger partial charge on any atom is 0.169 e. The van der Waals surface area contributed by atoms with Gasteiger partial charge in [-0.15, -0.1) is 0 Å². The van der Waals surface area contributed by atoms with Gasteiger partial charge in [-0.2, -0.15) is 0 Å². The van der Waals surface area contributed by atoms with Crippen LogP contribution in [-0.4, -0.2) is 10.8 Å². The highest BCUT2D eigenvalue weighted by Crippen LogP contribution is 2.26. The Morgan fingerprint density at radius 3 is 2.58 bits per heavy atom. The summed E-state index contributed by atoms with van der Waals surface area (Å²) < 4.78 is 0. The number of rotatable bonds is 3. The Bertz CT molecular complexity index is 638. The van der Waals surface area contributed by atoms with Crippen molar-refractivity contribution in [2.24, 2.45) is 0 Å². The zero-order valence-corrected chi connectivity index (χ0v) is 12.2. The Balaban J connectivity index is 2.28. The number of ketones is 1. The highest BCUT2D eigenvalue weighted by Gasteiger charge is 2.13. The molecule has 19 heavy (non-hydrogen) atoms. The van der Waals surface area contributed by atoms with Crippen molar-refractivity contribution in [1.29, 1.82) is 0 Å². The van der Waals surface area contributed by atoms with Crippen LogP contribution in [0.1, 0.15) is 27.3 Å². The molecule has 1 heterocycles. The first-order chi connectivity index (χ1) is 8.99. The summed E-state index contributed by atoms with van der Waals surface area (Å²) >= 11 is 12.0. The van der Waals surface area contributed by atoms with Gasteiger partial charge in [0.2, 0.25) is 0 Å². The van der Waals surface area contributed by atoms with Crippen LogP contribution >= 0.6 is 23.2 Å². The molecule has 4 heteroatoms. The first-order valence-corrected chi connectivity index (χ1v) is 6.65. The quantitative estimate of drug-likeness (QED) is 0.784. The highest BCUT2D eigenvalue weighted by molar-refractivity contribution is 6.42. The van der Waals surface area contributed by atoms with Crippen molar-refractivity contribution in [3.05, 3.63) is 62.9 Å². The largest absolute Gasteiger partial charge is 0.294 e. The van der Waals surface area contributed by atoms with Crippen LogP contribution in [0.5, 0.6) is 0 Å². The van der Waals surface area contributed by atoms with Crippen LogP contribution in [0.15, 0.2) is 30.3 Å². The smallest absolute Gasteiger partial charge is 0.169 e. The van der Waals surface area contributed by atoms with E-state index >= 15 is 0 Å². The van der Waals surface area contributed by atoms with Crippen molar-refractivity contribution in [2.75, 3.05) is 0 Å². The van der Waals surface area contributed by atoms with E-state index in [2.05, 4.69) is 4.98 Å². The Morgan fingerprint density at radius 2 is 1.89 bits per heavy atom. The van der Waals surface area contributed by atoms with Crippen LogP contribution in [0.3, 0.4) is 0 Å². The van der Waals surface area contributed by atoms with Gasteiger partial charge in [0.05, 0.1) is 10.0 Å². The summed E-state index contributed by atoms with van der Waals surface area (Å²) in [5.41, 5.74) is 3.00. The van der Waals surface area contributed by atoms with Crippen LogP contribution in [0.4, 0.5) is 0 Å². The standard InChI is InChI=1S/C15H13Cl2NO/c1-9-6-7-12(10(2)18-9)14(19)8-11-4-3-5-13(16)15(11)17/h3-7H,8H2,1-2H3. The van der Waals surface area contributed by atoms with Crippen LogP contribution in [0.2, 0.25) is 10.0 Å². The van der Waals surface area contributed by atoms with Crippen molar-refractivity contribution in [3.63, 3.8) is 0 Å². The Labute approximate surface area is 122 Å². The molecule has 0 amide bonds. The summed E-state index contributed by atoms with van der Waals surface area (Å²) in [6.45, 7) is 3.73. The molecule has 0 aliphatic rings. The number of carbonyl (C=O) groups excluding carboxylic acids is 1. The fraction of sp³-hybridized carbons (Fsp3) is 0.200. The van der Waals surface area contributed by atoms with Gasteiger partial charge in [-0.3, -0.25) is 9.78 Å². The van der Waals surface area contributed by atoms with Crippen LogP contribution in [0.25, 0.3) is 0 Å². The summed E-state index contributed by atoms with van der Waals surface area (Å²) in [4.78, 5) is 16.6. The van der Waals surface area contributed by atoms with Gasteiger partial charge in [-0.05, 0) is 37.6 Å². The van der Waals surface area contributed by atoms with Crippen LogP contribution < -0.4 is 0 Å². The molecule has 0 aliphatic carbocycles. The minimum absolute atomic E-state index is 0.00540. The third kappa shape index (κ3) is 3.14. The molecule has 0 spiro atoms. The van der Waals surface area contributed by atoms with E-state index in [1.807, 2.05) is 26.0 Å². The molecule has 1 aromatic carbocycles. The summed E-state index contributed by atoms with van der Waals surface area (Å²) in [6.07, 6.45) is 0.227.